The van der Waals surface area contributed by atoms with Gasteiger partial charge in [0.15, 0.2) is 0 Å². The molecular weight excluding hydrogens is 237 g/mol. The number of aromatic carboxylic acids is 1. The van der Waals surface area contributed by atoms with Crippen LogP contribution < -0.4 is 10.5 Å². The van der Waals surface area contributed by atoms with E-state index in [0.717, 1.165) is 12.5 Å². The molecule has 0 bridgehead atoms. The fourth-order valence-electron chi connectivity index (χ4n) is 1.82. The van der Waals surface area contributed by atoms with Crippen LogP contribution in [-0.4, -0.2) is 17.2 Å². The number of nitrogens with two attached hydrogens (primary N) is 1. The second kappa shape index (κ2) is 5.71. The van der Waals surface area contributed by atoms with E-state index in [1.807, 2.05) is 20.8 Å². The van der Waals surface area contributed by atoms with Crippen LogP contribution in [0, 0.1) is 11.7 Å². The molecule has 1 aromatic rings. The molecular formula is C13H18FNO3. The highest BCUT2D eigenvalue weighted by Crippen LogP contribution is 2.28. The molecule has 5 heteroatoms. The van der Waals surface area contributed by atoms with Crippen molar-refractivity contribution in [1.29, 1.82) is 0 Å². The van der Waals surface area contributed by atoms with E-state index in [9.17, 15) is 9.18 Å². The molecule has 0 aromatic heterocycles. The Labute approximate surface area is 106 Å². The minimum absolute atomic E-state index is 0.106. The molecule has 0 amide bonds. The van der Waals surface area contributed by atoms with Crippen LogP contribution in [0.1, 0.15) is 37.6 Å². The number of hydrogen-bond acceptors (Lipinski definition) is 3. The third-order valence-corrected chi connectivity index (χ3v) is 2.50. The molecule has 3 N–H and O–H groups in total. The van der Waals surface area contributed by atoms with E-state index < -0.39 is 17.5 Å². The summed E-state index contributed by atoms with van der Waals surface area (Å²) in [6, 6.07) is 2.41. The van der Waals surface area contributed by atoms with Crippen LogP contribution >= 0.6 is 0 Å². The smallest absolute Gasteiger partial charge is 0.341 e. The normalized spacial score (nSPS) is 12.5. The van der Waals surface area contributed by atoms with E-state index in [2.05, 4.69) is 0 Å². The maximum Gasteiger partial charge on any atom is 0.341 e. The summed E-state index contributed by atoms with van der Waals surface area (Å²) in [5.41, 5.74) is 4.72. The van der Waals surface area contributed by atoms with Gasteiger partial charge in [0.2, 0.25) is 0 Å². The van der Waals surface area contributed by atoms with Gasteiger partial charge in [-0.05, 0) is 31.4 Å². The first-order valence-electron chi connectivity index (χ1n) is 5.80. The Bertz CT molecular complexity index is 446. The summed E-state index contributed by atoms with van der Waals surface area (Å²) in [7, 11) is 0. The second-order valence-electron chi connectivity index (χ2n) is 4.70. The summed E-state index contributed by atoms with van der Waals surface area (Å²) < 4.78 is 18.7. The predicted octanol–water partition coefficient (Wildman–Crippen LogP) is 2.92. The van der Waals surface area contributed by atoms with Crippen molar-refractivity contribution in [2.24, 2.45) is 5.92 Å². The number of halogens is 1. The lowest BCUT2D eigenvalue weighted by molar-refractivity contribution is 0.0689. The summed E-state index contributed by atoms with van der Waals surface area (Å²) in [6.45, 7) is 5.92. The number of anilines is 1. The van der Waals surface area contributed by atoms with Crippen LogP contribution in [0.2, 0.25) is 0 Å². The summed E-state index contributed by atoms with van der Waals surface area (Å²) in [5, 5.41) is 9.04. The number of hydrogen-bond donors (Lipinski definition) is 2. The first-order valence-corrected chi connectivity index (χ1v) is 5.80. The molecule has 100 valence electrons. The quantitative estimate of drug-likeness (QED) is 0.793. The number of carboxylic acids is 1. The number of nitrogen functional groups attached to an aromatic ring is 1. The van der Waals surface area contributed by atoms with Gasteiger partial charge in [0.25, 0.3) is 0 Å². The first kappa shape index (κ1) is 14.3. The molecule has 1 atom stereocenters. The Hall–Kier alpha value is -1.78. The molecule has 0 radical (unpaired) electrons. The van der Waals surface area contributed by atoms with Gasteiger partial charge in [-0.2, -0.15) is 0 Å². The fraction of sp³-hybridized carbons (Fsp3) is 0.462. The SMILES string of the molecule is CC(C)CC(C)Oc1ccc(F)c(N)c1C(=O)O. The van der Waals surface area contributed by atoms with Crippen molar-refractivity contribution in [3.63, 3.8) is 0 Å². The van der Waals surface area contributed by atoms with Gasteiger partial charge in [-0.1, -0.05) is 13.8 Å². The van der Waals surface area contributed by atoms with Crippen molar-refractivity contribution < 1.29 is 19.0 Å². The fourth-order valence-corrected chi connectivity index (χ4v) is 1.82. The monoisotopic (exact) mass is 255 g/mol. The molecule has 0 aliphatic carbocycles. The third kappa shape index (κ3) is 3.35. The molecule has 0 saturated carbocycles. The summed E-state index contributed by atoms with van der Waals surface area (Å²) in [6.07, 6.45) is 0.615. The van der Waals surface area contributed by atoms with Gasteiger partial charge in [0.1, 0.15) is 17.1 Å². The van der Waals surface area contributed by atoms with E-state index in [0.29, 0.717) is 5.92 Å². The predicted molar refractivity (Wildman–Crippen MR) is 67.3 cm³/mol. The van der Waals surface area contributed by atoms with Crippen LogP contribution in [0.4, 0.5) is 10.1 Å². The number of rotatable bonds is 5. The van der Waals surface area contributed by atoms with Crippen LogP contribution in [0.5, 0.6) is 5.75 Å². The minimum Gasteiger partial charge on any atom is -0.490 e. The Balaban J connectivity index is 3.02. The van der Waals surface area contributed by atoms with Crippen molar-refractivity contribution >= 4 is 11.7 Å². The van der Waals surface area contributed by atoms with Gasteiger partial charge in [-0.15, -0.1) is 0 Å². The van der Waals surface area contributed by atoms with Crippen LogP contribution in [-0.2, 0) is 0 Å². The molecule has 1 aromatic carbocycles. The standard InChI is InChI=1S/C13H18FNO3/c1-7(2)6-8(3)18-10-5-4-9(14)12(15)11(10)13(16)17/h4-5,7-8H,6,15H2,1-3H3,(H,16,17). The first-order chi connectivity index (χ1) is 8.32. The topological polar surface area (TPSA) is 72.5 Å². The van der Waals surface area contributed by atoms with Crippen LogP contribution in [0.3, 0.4) is 0 Å². The molecule has 1 unspecified atom stereocenters. The molecule has 0 heterocycles. The minimum atomic E-state index is -1.29. The molecule has 4 nitrogen and oxygen atoms in total. The number of benzene rings is 1. The van der Waals surface area contributed by atoms with E-state index in [4.69, 9.17) is 15.6 Å². The maximum atomic E-state index is 13.2. The van der Waals surface area contributed by atoms with Crippen LogP contribution in [0.15, 0.2) is 12.1 Å². The Kier molecular flexibility index (Phi) is 4.53. The lowest BCUT2D eigenvalue weighted by Crippen LogP contribution is -2.17. The Morgan fingerprint density at radius 1 is 1.44 bits per heavy atom. The highest BCUT2D eigenvalue weighted by molar-refractivity contribution is 5.96. The summed E-state index contributed by atoms with van der Waals surface area (Å²) in [4.78, 5) is 11.1. The zero-order valence-electron chi connectivity index (χ0n) is 10.7. The number of carbonyl (C=O) groups is 1. The van der Waals surface area contributed by atoms with Crippen molar-refractivity contribution in [3.05, 3.63) is 23.5 Å². The molecule has 0 spiro atoms. The van der Waals surface area contributed by atoms with Crippen molar-refractivity contribution in [1.82, 2.24) is 0 Å². The molecule has 0 aliphatic heterocycles. The largest absolute Gasteiger partial charge is 0.490 e. The van der Waals surface area contributed by atoms with E-state index in [1.165, 1.54) is 6.07 Å². The molecule has 1 rings (SSSR count). The Morgan fingerprint density at radius 2 is 2.06 bits per heavy atom. The molecule has 18 heavy (non-hydrogen) atoms. The number of ether oxygens (including phenoxy) is 1. The number of carboxylic acid groups (broad SMARTS) is 1. The zero-order valence-corrected chi connectivity index (χ0v) is 10.7. The van der Waals surface area contributed by atoms with Gasteiger partial charge in [0.05, 0.1) is 11.8 Å². The zero-order chi connectivity index (χ0) is 13.9. The van der Waals surface area contributed by atoms with E-state index in [1.54, 1.807) is 0 Å². The van der Waals surface area contributed by atoms with Gasteiger partial charge >= 0.3 is 5.97 Å². The summed E-state index contributed by atoms with van der Waals surface area (Å²) in [5.74, 6) is -1.52. The van der Waals surface area contributed by atoms with E-state index >= 15 is 0 Å². The third-order valence-electron chi connectivity index (χ3n) is 2.50. The average molecular weight is 255 g/mol. The van der Waals surface area contributed by atoms with Gasteiger partial charge in [-0.25, -0.2) is 9.18 Å². The highest BCUT2D eigenvalue weighted by atomic mass is 19.1. The summed E-state index contributed by atoms with van der Waals surface area (Å²) >= 11 is 0. The molecule has 0 fully saturated rings. The van der Waals surface area contributed by atoms with Crippen molar-refractivity contribution in [2.45, 2.75) is 33.3 Å². The van der Waals surface area contributed by atoms with Crippen molar-refractivity contribution in [2.75, 3.05) is 5.73 Å². The molecule has 0 saturated heterocycles. The van der Waals surface area contributed by atoms with Gasteiger partial charge in [-0.3, -0.25) is 0 Å². The van der Waals surface area contributed by atoms with Gasteiger partial charge in [0, 0.05) is 0 Å². The molecule has 0 aliphatic rings. The lowest BCUT2D eigenvalue weighted by atomic mass is 10.1. The Morgan fingerprint density at radius 3 is 2.56 bits per heavy atom. The highest BCUT2D eigenvalue weighted by Gasteiger charge is 2.20. The van der Waals surface area contributed by atoms with Gasteiger partial charge < -0.3 is 15.6 Å². The lowest BCUT2D eigenvalue weighted by Gasteiger charge is -2.18. The van der Waals surface area contributed by atoms with Crippen LogP contribution in [0.25, 0.3) is 0 Å². The maximum absolute atomic E-state index is 13.2. The van der Waals surface area contributed by atoms with E-state index in [-0.39, 0.29) is 17.4 Å². The van der Waals surface area contributed by atoms with Crippen molar-refractivity contribution in [3.8, 4) is 5.75 Å². The average Bonchev–Trinajstić information content (AvgIpc) is 2.21. The second-order valence-corrected chi connectivity index (χ2v) is 4.70.